The van der Waals surface area contributed by atoms with Crippen LogP contribution in [0.15, 0.2) is 67.3 Å². The van der Waals surface area contributed by atoms with Gasteiger partial charge in [-0.3, -0.25) is 4.79 Å². The Morgan fingerprint density at radius 1 is 1.23 bits per heavy atom. The average molecular weight is 374 g/mol. The van der Waals surface area contributed by atoms with Crippen molar-refractivity contribution in [2.75, 3.05) is 25.2 Å². The number of nitrogens with one attached hydrogen (secondary N) is 1. The second-order valence-corrected chi connectivity index (χ2v) is 7.75. The van der Waals surface area contributed by atoms with Crippen LogP contribution in [0.2, 0.25) is 0 Å². The summed E-state index contributed by atoms with van der Waals surface area (Å²) in [5.74, 6) is 0.125. The number of ether oxygens (including phenoxy) is 1. The third-order valence-electron chi connectivity index (χ3n) is 3.72. The smallest absolute Gasteiger partial charge is 0.247 e. The van der Waals surface area contributed by atoms with E-state index in [4.69, 9.17) is 4.74 Å². The fourth-order valence-electron chi connectivity index (χ4n) is 2.38. The van der Waals surface area contributed by atoms with E-state index in [1.165, 1.54) is 7.05 Å². The zero-order chi connectivity index (χ0) is 19.2. The van der Waals surface area contributed by atoms with Gasteiger partial charge in [-0.2, -0.15) is 4.31 Å². The van der Waals surface area contributed by atoms with Crippen molar-refractivity contribution in [2.24, 2.45) is 0 Å². The first-order chi connectivity index (χ1) is 12.3. The molecule has 138 valence electrons. The van der Waals surface area contributed by atoms with Crippen LogP contribution in [-0.4, -0.2) is 38.5 Å². The molecule has 0 saturated carbocycles. The number of hydrogen-bond acceptors (Lipinski definition) is 4. The van der Waals surface area contributed by atoms with Crippen LogP contribution >= 0.6 is 0 Å². The van der Waals surface area contributed by atoms with Crippen LogP contribution < -0.4 is 10.1 Å². The first-order valence-electron chi connectivity index (χ1n) is 7.95. The molecule has 2 rings (SSSR count). The standard InChI is InChI=1S/C19H22N2O4S/c1-4-13-25-17-12-8-11-16(14-17)20-19(22)18(21(2)26(3,23)24)15-9-6-5-7-10-15/h4-12,14,18H,1,13H2,2-3H3,(H,20,22)/t18-/m1/s1. The van der Waals surface area contributed by atoms with Crippen LogP contribution in [0.25, 0.3) is 0 Å². The van der Waals surface area contributed by atoms with Gasteiger partial charge in [0.2, 0.25) is 15.9 Å². The maximum Gasteiger partial charge on any atom is 0.247 e. The summed E-state index contributed by atoms with van der Waals surface area (Å²) < 4.78 is 30.5. The summed E-state index contributed by atoms with van der Waals surface area (Å²) in [7, 11) is -2.19. The zero-order valence-electron chi connectivity index (χ0n) is 14.8. The Morgan fingerprint density at radius 3 is 2.54 bits per heavy atom. The lowest BCUT2D eigenvalue weighted by Crippen LogP contribution is -2.38. The highest BCUT2D eigenvalue weighted by Crippen LogP contribution is 2.25. The lowest BCUT2D eigenvalue weighted by atomic mass is 10.1. The van der Waals surface area contributed by atoms with E-state index >= 15 is 0 Å². The van der Waals surface area contributed by atoms with E-state index in [1.807, 2.05) is 0 Å². The molecule has 7 heteroatoms. The van der Waals surface area contributed by atoms with E-state index in [1.54, 1.807) is 60.7 Å². The molecule has 2 aromatic rings. The Kier molecular flexibility index (Phi) is 6.54. The van der Waals surface area contributed by atoms with Crippen molar-refractivity contribution >= 4 is 21.6 Å². The highest BCUT2D eigenvalue weighted by atomic mass is 32.2. The number of carbonyl (C=O) groups excluding carboxylic acids is 1. The molecule has 0 fully saturated rings. The lowest BCUT2D eigenvalue weighted by molar-refractivity contribution is -0.119. The number of sulfonamides is 1. The number of hydrogen-bond donors (Lipinski definition) is 1. The van der Waals surface area contributed by atoms with Gasteiger partial charge in [-0.05, 0) is 17.7 Å². The molecule has 0 aliphatic heterocycles. The minimum Gasteiger partial charge on any atom is -0.489 e. The van der Waals surface area contributed by atoms with Gasteiger partial charge < -0.3 is 10.1 Å². The summed E-state index contributed by atoms with van der Waals surface area (Å²) in [6.07, 6.45) is 2.69. The van der Waals surface area contributed by atoms with E-state index in [0.29, 0.717) is 23.6 Å². The van der Waals surface area contributed by atoms with Crippen LogP contribution in [0.5, 0.6) is 5.75 Å². The van der Waals surface area contributed by atoms with Crippen molar-refractivity contribution in [2.45, 2.75) is 6.04 Å². The van der Waals surface area contributed by atoms with Gasteiger partial charge in [0.15, 0.2) is 0 Å². The molecule has 26 heavy (non-hydrogen) atoms. The van der Waals surface area contributed by atoms with E-state index in [0.717, 1.165) is 10.6 Å². The number of likely N-dealkylation sites (N-methyl/N-ethyl adjacent to an activating group) is 1. The van der Waals surface area contributed by atoms with Crippen LogP contribution in [0, 0.1) is 0 Å². The van der Waals surface area contributed by atoms with Gasteiger partial charge in [-0.25, -0.2) is 8.42 Å². The topological polar surface area (TPSA) is 75.7 Å². The molecule has 1 N–H and O–H groups in total. The third kappa shape index (κ3) is 5.18. The van der Waals surface area contributed by atoms with Gasteiger partial charge in [0.05, 0.1) is 6.26 Å². The van der Waals surface area contributed by atoms with E-state index < -0.39 is 22.0 Å². The third-order valence-corrected chi connectivity index (χ3v) is 4.98. The maximum absolute atomic E-state index is 12.9. The van der Waals surface area contributed by atoms with Crippen molar-refractivity contribution < 1.29 is 17.9 Å². The first-order valence-corrected chi connectivity index (χ1v) is 9.80. The molecule has 2 aromatic carbocycles. The largest absolute Gasteiger partial charge is 0.489 e. The van der Waals surface area contributed by atoms with Crippen LogP contribution in [0.3, 0.4) is 0 Å². The fraction of sp³-hybridized carbons (Fsp3) is 0.211. The second kappa shape index (κ2) is 8.64. The molecule has 1 amide bonds. The molecule has 0 radical (unpaired) electrons. The molecular formula is C19H22N2O4S. The minimum atomic E-state index is -3.57. The molecule has 0 aromatic heterocycles. The quantitative estimate of drug-likeness (QED) is 0.721. The van der Waals surface area contributed by atoms with Crippen molar-refractivity contribution in [3.8, 4) is 5.75 Å². The van der Waals surface area contributed by atoms with E-state index in [2.05, 4.69) is 11.9 Å². The van der Waals surface area contributed by atoms with Gasteiger partial charge in [0, 0.05) is 18.8 Å². The number of carbonyl (C=O) groups is 1. The Labute approximate surface area is 154 Å². The van der Waals surface area contributed by atoms with Gasteiger partial charge in [-0.15, -0.1) is 0 Å². The summed E-state index contributed by atoms with van der Waals surface area (Å²) in [5.41, 5.74) is 1.09. The van der Waals surface area contributed by atoms with Crippen molar-refractivity contribution in [3.63, 3.8) is 0 Å². The normalized spacial score (nSPS) is 12.4. The monoisotopic (exact) mass is 374 g/mol. The number of anilines is 1. The predicted molar refractivity (Wildman–Crippen MR) is 103 cm³/mol. The van der Waals surface area contributed by atoms with E-state index in [9.17, 15) is 13.2 Å². The van der Waals surface area contributed by atoms with Crippen LogP contribution in [0.1, 0.15) is 11.6 Å². The molecule has 0 bridgehead atoms. The highest BCUT2D eigenvalue weighted by Gasteiger charge is 2.30. The number of rotatable bonds is 8. The Hall–Kier alpha value is -2.64. The Bertz CT molecular complexity index is 866. The molecule has 0 aliphatic carbocycles. The molecule has 6 nitrogen and oxygen atoms in total. The summed E-state index contributed by atoms with van der Waals surface area (Å²) in [6.45, 7) is 3.94. The molecular weight excluding hydrogens is 352 g/mol. The maximum atomic E-state index is 12.9. The molecule has 0 spiro atoms. The molecule has 0 heterocycles. The number of nitrogens with zero attached hydrogens (tertiary/aromatic N) is 1. The van der Waals surface area contributed by atoms with Crippen LogP contribution in [-0.2, 0) is 14.8 Å². The summed E-state index contributed by atoms with van der Waals surface area (Å²) in [4.78, 5) is 12.9. The van der Waals surface area contributed by atoms with Crippen LogP contribution in [0.4, 0.5) is 5.69 Å². The van der Waals surface area contributed by atoms with Crippen molar-refractivity contribution in [1.29, 1.82) is 0 Å². The number of amides is 1. The minimum absolute atomic E-state index is 0.348. The Morgan fingerprint density at radius 2 is 1.92 bits per heavy atom. The number of benzene rings is 2. The van der Waals surface area contributed by atoms with Gasteiger partial charge in [0.25, 0.3) is 0 Å². The molecule has 0 aliphatic rings. The highest BCUT2D eigenvalue weighted by molar-refractivity contribution is 7.88. The lowest BCUT2D eigenvalue weighted by Gasteiger charge is -2.25. The van der Waals surface area contributed by atoms with E-state index in [-0.39, 0.29) is 0 Å². The average Bonchev–Trinajstić information content (AvgIpc) is 2.60. The fourth-order valence-corrected chi connectivity index (χ4v) is 2.98. The van der Waals surface area contributed by atoms with Crippen molar-refractivity contribution in [3.05, 3.63) is 72.8 Å². The Balaban J connectivity index is 2.28. The zero-order valence-corrected chi connectivity index (χ0v) is 15.6. The second-order valence-electron chi connectivity index (χ2n) is 5.71. The summed E-state index contributed by atoms with van der Waals surface area (Å²) in [6, 6.07) is 14.7. The molecule has 0 saturated heterocycles. The van der Waals surface area contributed by atoms with Gasteiger partial charge >= 0.3 is 0 Å². The first kappa shape index (κ1) is 19.7. The molecule has 1 atom stereocenters. The summed E-state index contributed by atoms with van der Waals surface area (Å²) >= 11 is 0. The van der Waals surface area contributed by atoms with Gasteiger partial charge in [-0.1, -0.05) is 49.1 Å². The van der Waals surface area contributed by atoms with Gasteiger partial charge in [0.1, 0.15) is 18.4 Å². The van der Waals surface area contributed by atoms with Crippen molar-refractivity contribution in [1.82, 2.24) is 4.31 Å². The molecule has 0 unspecified atom stereocenters. The predicted octanol–water partition coefficient (Wildman–Crippen LogP) is 2.82. The SMILES string of the molecule is C=CCOc1cccc(NC(=O)[C@@H](c2ccccc2)N(C)S(C)(=O)=O)c1. The summed E-state index contributed by atoms with van der Waals surface area (Å²) in [5, 5.41) is 2.76.